The lowest BCUT2D eigenvalue weighted by atomic mass is 10.0. The van der Waals surface area contributed by atoms with Gasteiger partial charge in [-0.15, -0.1) is 0 Å². The van der Waals surface area contributed by atoms with Crippen molar-refractivity contribution in [2.45, 2.75) is 44.2 Å². The van der Waals surface area contributed by atoms with Crippen LogP contribution >= 0.6 is 0 Å². The van der Waals surface area contributed by atoms with Gasteiger partial charge < -0.3 is 15.3 Å². The van der Waals surface area contributed by atoms with Gasteiger partial charge in [-0.25, -0.2) is 0 Å². The summed E-state index contributed by atoms with van der Waals surface area (Å²) in [6.45, 7) is 1.98. The standard InChI is InChI=1S/C17H24N2O3/c1-13(18-15(20)14-8-4-3-5-9-14)16(21)19(2)12-17(22)10-6-7-11-17/h3-5,8-9,13,22H,6-7,10-12H2,1-2H3,(H,18,20). The van der Waals surface area contributed by atoms with E-state index in [9.17, 15) is 14.7 Å². The van der Waals surface area contributed by atoms with Crippen LogP contribution in [0.4, 0.5) is 0 Å². The fourth-order valence-electron chi connectivity index (χ4n) is 2.97. The maximum atomic E-state index is 12.3. The molecule has 2 N–H and O–H groups in total. The predicted octanol–water partition coefficient (Wildman–Crippen LogP) is 1.57. The van der Waals surface area contributed by atoms with Crippen molar-refractivity contribution in [3.05, 3.63) is 35.9 Å². The lowest BCUT2D eigenvalue weighted by molar-refractivity contribution is -0.134. The van der Waals surface area contributed by atoms with Gasteiger partial charge in [-0.05, 0) is 31.9 Å². The van der Waals surface area contributed by atoms with Crippen LogP contribution in [0.2, 0.25) is 0 Å². The van der Waals surface area contributed by atoms with Crippen LogP contribution in [0, 0.1) is 0 Å². The van der Waals surface area contributed by atoms with Crippen molar-refractivity contribution in [3.63, 3.8) is 0 Å². The summed E-state index contributed by atoms with van der Waals surface area (Å²) in [5, 5.41) is 13.1. The summed E-state index contributed by atoms with van der Waals surface area (Å²) in [6.07, 6.45) is 3.46. The first-order chi connectivity index (χ1) is 10.4. The molecule has 1 aromatic carbocycles. The Balaban J connectivity index is 1.90. The lowest BCUT2D eigenvalue weighted by Crippen LogP contribution is -2.49. The predicted molar refractivity (Wildman–Crippen MR) is 84.4 cm³/mol. The fraction of sp³-hybridized carbons (Fsp3) is 0.529. The number of rotatable bonds is 5. The zero-order valence-corrected chi connectivity index (χ0v) is 13.2. The molecule has 1 atom stereocenters. The monoisotopic (exact) mass is 304 g/mol. The topological polar surface area (TPSA) is 69.6 Å². The van der Waals surface area contributed by atoms with E-state index in [2.05, 4.69) is 5.32 Å². The van der Waals surface area contributed by atoms with Crippen molar-refractivity contribution < 1.29 is 14.7 Å². The van der Waals surface area contributed by atoms with Gasteiger partial charge in [0.25, 0.3) is 5.91 Å². The summed E-state index contributed by atoms with van der Waals surface area (Å²) in [5.74, 6) is -0.459. The van der Waals surface area contributed by atoms with E-state index in [0.717, 1.165) is 25.7 Å². The molecule has 0 radical (unpaired) electrons. The highest BCUT2D eigenvalue weighted by Crippen LogP contribution is 2.29. The van der Waals surface area contributed by atoms with Gasteiger partial charge in [-0.2, -0.15) is 0 Å². The van der Waals surface area contributed by atoms with Crippen LogP contribution in [0.3, 0.4) is 0 Å². The van der Waals surface area contributed by atoms with Crippen molar-refractivity contribution in [2.75, 3.05) is 13.6 Å². The van der Waals surface area contributed by atoms with Gasteiger partial charge in [-0.3, -0.25) is 9.59 Å². The second kappa shape index (κ2) is 6.92. The molecule has 0 bridgehead atoms. The number of carbonyl (C=O) groups excluding carboxylic acids is 2. The summed E-state index contributed by atoms with van der Waals surface area (Å²) < 4.78 is 0. The van der Waals surface area contributed by atoms with Crippen LogP contribution in [0.5, 0.6) is 0 Å². The molecule has 0 saturated heterocycles. The van der Waals surface area contributed by atoms with Crippen LogP contribution in [-0.4, -0.2) is 47.1 Å². The number of hydrogen-bond acceptors (Lipinski definition) is 3. The van der Waals surface area contributed by atoms with E-state index >= 15 is 0 Å². The van der Waals surface area contributed by atoms with Gasteiger partial charge in [0.05, 0.1) is 5.60 Å². The Hall–Kier alpha value is -1.88. The largest absolute Gasteiger partial charge is 0.388 e. The van der Waals surface area contributed by atoms with Crippen molar-refractivity contribution in [2.24, 2.45) is 0 Å². The van der Waals surface area contributed by atoms with Crippen molar-refractivity contribution in [3.8, 4) is 0 Å². The SMILES string of the molecule is CC(NC(=O)c1ccccc1)C(=O)N(C)CC1(O)CCCC1. The average molecular weight is 304 g/mol. The molecule has 0 spiro atoms. The molecule has 1 unspecified atom stereocenters. The number of amides is 2. The van der Waals surface area contributed by atoms with Gasteiger partial charge in [0.2, 0.25) is 5.91 Å². The van der Waals surface area contributed by atoms with Crippen LogP contribution in [0.1, 0.15) is 43.0 Å². The molecule has 22 heavy (non-hydrogen) atoms. The first kappa shape index (κ1) is 16.5. The van der Waals surface area contributed by atoms with E-state index in [1.165, 1.54) is 4.90 Å². The third kappa shape index (κ3) is 4.07. The zero-order chi connectivity index (χ0) is 16.2. The van der Waals surface area contributed by atoms with Gasteiger partial charge >= 0.3 is 0 Å². The second-order valence-corrected chi connectivity index (χ2v) is 6.19. The number of aliphatic hydroxyl groups is 1. The molecule has 5 nitrogen and oxygen atoms in total. The quantitative estimate of drug-likeness (QED) is 0.867. The molecular weight excluding hydrogens is 280 g/mol. The molecule has 5 heteroatoms. The maximum Gasteiger partial charge on any atom is 0.251 e. The number of likely N-dealkylation sites (N-methyl/N-ethyl adjacent to an activating group) is 1. The molecule has 1 aliphatic carbocycles. The summed E-state index contributed by atoms with van der Waals surface area (Å²) in [5.41, 5.74) is -0.243. The molecule has 2 amide bonds. The highest BCUT2D eigenvalue weighted by atomic mass is 16.3. The van der Waals surface area contributed by atoms with Crippen molar-refractivity contribution >= 4 is 11.8 Å². The zero-order valence-electron chi connectivity index (χ0n) is 13.2. The molecule has 1 aliphatic rings. The Morgan fingerprint density at radius 3 is 2.45 bits per heavy atom. The fourth-order valence-corrected chi connectivity index (χ4v) is 2.97. The highest BCUT2D eigenvalue weighted by molar-refractivity contribution is 5.97. The van der Waals surface area contributed by atoms with Crippen molar-refractivity contribution in [1.82, 2.24) is 10.2 Å². The molecule has 0 heterocycles. The van der Waals surface area contributed by atoms with Crippen LogP contribution in [0.25, 0.3) is 0 Å². The highest BCUT2D eigenvalue weighted by Gasteiger charge is 2.34. The lowest BCUT2D eigenvalue weighted by Gasteiger charge is -2.30. The van der Waals surface area contributed by atoms with Gasteiger partial charge in [0.1, 0.15) is 6.04 Å². The summed E-state index contributed by atoms with van der Waals surface area (Å²) in [6, 6.07) is 8.19. The van der Waals surface area contributed by atoms with Crippen LogP contribution in [-0.2, 0) is 4.79 Å². The molecule has 1 saturated carbocycles. The number of carbonyl (C=O) groups is 2. The Kier molecular flexibility index (Phi) is 5.19. The third-order valence-electron chi connectivity index (χ3n) is 4.20. The van der Waals surface area contributed by atoms with Crippen LogP contribution < -0.4 is 5.32 Å². The van der Waals surface area contributed by atoms with E-state index < -0.39 is 11.6 Å². The van der Waals surface area contributed by atoms with Gasteiger partial charge in [-0.1, -0.05) is 31.0 Å². The van der Waals surface area contributed by atoms with E-state index in [1.54, 1.807) is 38.2 Å². The van der Waals surface area contributed by atoms with Gasteiger partial charge in [0.15, 0.2) is 0 Å². The minimum Gasteiger partial charge on any atom is -0.388 e. The molecule has 1 aromatic rings. The third-order valence-corrected chi connectivity index (χ3v) is 4.20. The molecule has 1 fully saturated rings. The van der Waals surface area contributed by atoms with E-state index in [4.69, 9.17) is 0 Å². The normalized spacial score (nSPS) is 17.8. The smallest absolute Gasteiger partial charge is 0.251 e. The Morgan fingerprint density at radius 1 is 1.27 bits per heavy atom. The summed E-state index contributed by atoms with van der Waals surface area (Å²) in [4.78, 5) is 25.9. The van der Waals surface area contributed by atoms with Crippen LogP contribution in [0.15, 0.2) is 30.3 Å². The minimum absolute atomic E-state index is 0.190. The first-order valence-corrected chi connectivity index (χ1v) is 7.74. The summed E-state index contributed by atoms with van der Waals surface area (Å²) >= 11 is 0. The van der Waals surface area contributed by atoms with E-state index in [0.29, 0.717) is 12.1 Å². The Morgan fingerprint density at radius 2 is 1.86 bits per heavy atom. The molecule has 0 aliphatic heterocycles. The number of benzene rings is 1. The second-order valence-electron chi connectivity index (χ2n) is 6.19. The molecule has 2 rings (SSSR count). The van der Waals surface area contributed by atoms with Gasteiger partial charge in [0, 0.05) is 19.2 Å². The Labute approximate surface area is 131 Å². The van der Waals surface area contributed by atoms with E-state index in [1.807, 2.05) is 6.07 Å². The first-order valence-electron chi connectivity index (χ1n) is 7.74. The number of nitrogens with one attached hydrogen (secondary N) is 1. The molecular formula is C17H24N2O3. The Bertz CT molecular complexity index is 524. The summed E-state index contributed by atoms with van der Waals surface area (Å²) in [7, 11) is 1.67. The number of nitrogens with zero attached hydrogens (tertiary/aromatic N) is 1. The molecule has 0 aromatic heterocycles. The minimum atomic E-state index is -0.770. The van der Waals surface area contributed by atoms with E-state index in [-0.39, 0.29) is 11.8 Å². The maximum absolute atomic E-state index is 12.3. The number of hydrogen-bond donors (Lipinski definition) is 2. The average Bonchev–Trinajstić information content (AvgIpc) is 2.93. The molecule has 120 valence electrons. The van der Waals surface area contributed by atoms with Crippen molar-refractivity contribution in [1.29, 1.82) is 0 Å².